The molecular weight excluding hydrogens is 356 g/mol. The lowest BCUT2D eigenvalue weighted by Gasteiger charge is -2.44. The van der Waals surface area contributed by atoms with E-state index in [-0.39, 0.29) is 23.9 Å². The molecular formula is C22H40N2O4. The number of rotatable bonds is 6. The molecule has 0 spiro atoms. The minimum absolute atomic E-state index is 0.0531. The minimum Gasteiger partial charge on any atom is -0.443 e. The summed E-state index contributed by atoms with van der Waals surface area (Å²) >= 11 is 0. The van der Waals surface area contributed by atoms with Crippen LogP contribution in [0.5, 0.6) is 0 Å². The normalized spacial score (nSPS) is 28.8. The van der Waals surface area contributed by atoms with Crippen LogP contribution in [-0.2, 0) is 14.2 Å². The van der Waals surface area contributed by atoms with Crippen molar-refractivity contribution in [1.29, 1.82) is 0 Å². The molecule has 0 aromatic carbocycles. The summed E-state index contributed by atoms with van der Waals surface area (Å²) < 4.78 is 17.9. The highest BCUT2D eigenvalue weighted by Gasteiger charge is 2.38. The second-order valence-electron chi connectivity index (χ2n) is 10.2. The van der Waals surface area contributed by atoms with Crippen molar-refractivity contribution in [2.24, 2.45) is 5.92 Å². The maximum Gasteiger partial charge on any atom is 0.410 e. The van der Waals surface area contributed by atoms with Crippen LogP contribution in [-0.4, -0.2) is 78.1 Å². The lowest BCUT2D eigenvalue weighted by atomic mass is 9.90. The molecule has 3 aliphatic rings. The highest BCUT2D eigenvalue weighted by Crippen LogP contribution is 2.32. The maximum absolute atomic E-state index is 12.4. The van der Waals surface area contributed by atoms with Crippen molar-refractivity contribution in [3.05, 3.63) is 0 Å². The van der Waals surface area contributed by atoms with Gasteiger partial charge in [0.25, 0.3) is 0 Å². The number of piperidine rings is 1. The molecule has 1 amide bonds. The highest BCUT2D eigenvalue weighted by molar-refractivity contribution is 5.68. The molecule has 1 saturated carbocycles. The highest BCUT2D eigenvalue weighted by atomic mass is 16.6. The van der Waals surface area contributed by atoms with Gasteiger partial charge >= 0.3 is 6.09 Å². The molecule has 1 aliphatic carbocycles. The summed E-state index contributed by atoms with van der Waals surface area (Å²) in [6.07, 6.45) is 4.60. The van der Waals surface area contributed by atoms with Crippen LogP contribution in [0.1, 0.15) is 67.2 Å². The van der Waals surface area contributed by atoms with E-state index in [1.807, 2.05) is 4.90 Å². The van der Waals surface area contributed by atoms with Gasteiger partial charge in [0, 0.05) is 32.2 Å². The predicted octanol–water partition coefficient (Wildman–Crippen LogP) is 3.68. The zero-order valence-corrected chi connectivity index (χ0v) is 18.6. The SMILES string of the molecule is CC(C)[C@H](C)N1CC(OC(=O)N2CCC(OC3CC(OC(C)(C)C)C3)CC2)C1. The van der Waals surface area contributed by atoms with Crippen molar-refractivity contribution in [2.45, 2.75) is 103 Å². The molecule has 2 heterocycles. The molecule has 0 N–H and O–H groups in total. The number of ether oxygens (including phenoxy) is 3. The molecule has 0 aromatic heterocycles. The maximum atomic E-state index is 12.4. The Hall–Kier alpha value is -0.850. The van der Waals surface area contributed by atoms with Gasteiger partial charge in [0.15, 0.2) is 0 Å². The van der Waals surface area contributed by atoms with E-state index in [1.165, 1.54) is 0 Å². The third-order valence-electron chi connectivity index (χ3n) is 6.34. The average molecular weight is 397 g/mol. The van der Waals surface area contributed by atoms with E-state index in [1.54, 1.807) is 0 Å². The molecule has 0 radical (unpaired) electrons. The summed E-state index contributed by atoms with van der Waals surface area (Å²) in [5.74, 6) is 0.627. The Morgan fingerprint density at radius 3 is 2.07 bits per heavy atom. The fourth-order valence-electron chi connectivity index (χ4n) is 4.19. The molecule has 1 atom stereocenters. The van der Waals surface area contributed by atoms with E-state index in [0.29, 0.717) is 24.2 Å². The molecule has 162 valence electrons. The van der Waals surface area contributed by atoms with Crippen LogP contribution in [0.2, 0.25) is 0 Å². The Kier molecular flexibility index (Phi) is 6.93. The predicted molar refractivity (Wildman–Crippen MR) is 109 cm³/mol. The van der Waals surface area contributed by atoms with Crippen LogP contribution in [0, 0.1) is 5.92 Å². The summed E-state index contributed by atoms with van der Waals surface area (Å²) in [7, 11) is 0. The molecule has 3 rings (SSSR count). The van der Waals surface area contributed by atoms with Gasteiger partial charge in [0.05, 0.1) is 23.9 Å². The van der Waals surface area contributed by atoms with Crippen LogP contribution in [0.4, 0.5) is 4.79 Å². The summed E-state index contributed by atoms with van der Waals surface area (Å²) in [4.78, 5) is 16.6. The molecule has 28 heavy (non-hydrogen) atoms. The Morgan fingerprint density at radius 1 is 0.929 bits per heavy atom. The van der Waals surface area contributed by atoms with Crippen LogP contribution in [0.3, 0.4) is 0 Å². The second kappa shape index (κ2) is 8.88. The van der Waals surface area contributed by atoms with Gasteiger partial charge in [0.2, 0.25) is 0 Å². The number of nitrogens with zero attached hydrogens (tertiary/aromatic N) is 2. The number of likely N-dealkylation sites (tertiary alicyclic amines) is 2. The summed E-state index contributed by atoms with van der Waals surface area (Å²) in [5, 5.41) is 0. The number of carbonyl (C=O) groups is 1. The first-order valence-corrected chi connectivity index (χ1v) is 11.1. The third-order valence-corrected chi connectivity index (χ3v) is 6.34. The van der Waals surface area contributed by atoms with Gasteiger partial charge in [-0.05, 0) is 59.3 Å². The van der Waals surface area contributed by atoms with Crippen molar-refractivity contribution in [1.82, 2.24) is 9.80 Å². The zero-order chi connectivity index (χ0) is 20.5. The molecule has 3 fully saturated rings. The van der Waals surface area contributed by atoms with E-state index in [0.717, 1.165) is 51.9 Å². The van der Waals surface area contributed by atoms with Crippen molar-refractivity contribution < 1.29 is 19.0 Å². The largest absolute Gasteiger partial charge is 0.443 e. The average Bonchev–Trinajstić information content (AvgIpc) is 2.54. The first-order chi connectivity index (χ1) is 13.1. The fourth-order valence-corrected chi connectivity index (χ4v) is 4.19. The Labute approximate surface area is 170 Å². The summed E-state index contributed by atoms with van der Waals surface area (Å²) in [6, 6.07) is 0.544. The van der Waals surface area contributed by atoms with E-state index in [2.05, 4.69) is 46.4 Å². The lowest BCUT2D eigenvalue weighted by Crippen LogP contribution is -2.58. The smallest absolute Gasteiger partial charge is 0.410 e. The van der Waals surface area contributed by atoms with Gasteiger partial charge < -0.3 is 19.1 Å². The number of carbonyl (C=O) groups excluding carboxylic acids is 1. The molecule has 2 aliphatic heterocycles. The number of hydrogen-bond donors (Lipinski definition) is 0. The zero-order valence-electron chi connectivity index (χ0n) is 18.6. The first kappa shape index (κ1) is 21.8. The third kappa shape index (κ3) is 5.83. The van der Waals surface area contributed by atoms with Crippen molar-refractivity contribution in [2.75, 3.05) is 26.2 Å². The molecule has 6 nitrogen and oxygen atoms in total. The summed E-state index contributed by atoms with van der Waals surface area (Å²) in [6.45, 7) is 16.2. The van der Waals surface area contributed by atoms with Gasteiger partial charge in [-0.2, -0.15) is 0 Å². The van der Waals surface area contributed by atoms with Crippen LogP contribution < -0.4 is 0 Å². The van der Waals surface area contributed by atoms with Gasteiger partial charge in [-0.25, -0.2) is 4.79 Å². The Morgan fingerprint density at radius 2 is 1.54 bits per heavy atom. The van der Waals surface area contributed by atoms with Crippen molar-refractivity contribution in [3.8, 4) is 0 Å². The van der Waals surface area contributed by atoms with Gasteiger partial charge in [0.1, 0.15) is 6.10 Å². The molecule has 0 unspecified atom stereocenters. The van der Waals surface area contributed by atoms with E-state index in [4.69, 9.17) is 14.2 Å². The van der Waals surface area contributed by atoms with Gasteiger partial charge in [-0.3, -0.25) is 4.90 Å². The Bertz CT molecular complexity index is 513. The lowest BCUT2D eigenvalue weighted by molar-refractivity contribution is -0.167. The standard InChI is InChI=1S/C22H40N2O4/c1-15(2)16(3)24-13-20(14-24)27-21(25)23-9-7-17(8-10-23)26-18-11-19(12-18)28-22(4,5)6/h15-20H,7-14H2,1-6H3/t16-,18?,19?/m0/s1. The topological polar surface area (TPSA) is 51.2 Å². The molecule has 6 heteroatoms. The Balaban J connectivity index is 1.28. The van der Waals surface area contributed by atoms with Crippen molar-refractivity contribution in [3.63, 3.8) is 0 Å². The summed E-state index contributed by atoms with van der Waals surface area (Å²) in [5.41, 5.74) is -0.0777. The number of amides is 1. The van der Waals surface area contributed by atoms with Gasteiger partial charge in [-0.1, -0.05) is 13.8 Å². The van der Waals surface area contributed by atoms with E-state index < -0.39 is 0 Å². The fraction of sp³-hybridized carbons (Fsp3) is 0.955. The van der Waals surface area contributed by atoms with E-state index >= 15 is 0 Å². The minimum atomic E-state index is -0.150. The van der Waals surface area contributed by atoms with Crippen molar-refractivity contribution >= 4 is 6.09 Å². The van der Waals surface area contributed by atoms with Gasteiger partial charge in [-0.15, -0.1) is 0 Å². The van der Waals surface area contributed by atoms with Crippen LogP contribution in [0.15, 0.2) is 0 Å². The molecule has 0 aromatic rings. The quantitative estimate of drug-likeness (QED) is 0.685. The second-order valence-corrected chi connectivity index (χ2v) is 10.2. The van der Waals surface area contributed by atoms with Crippen LogP contribution >= 0.6 is 0 Å². The monoisotopic (exact) mass is 396 g/mol. The first-order valence-electron chi connectivity index (χ1n) is 11.1. The van der Waals surface area contributed by atoms with Crippen LogP contribution in [0.25, 0.3) is 0 Å². The van der Waals surface area contributed by atoms with E-state index in [9.17, 15) is 4.79 Å². The molecule has 2 saturated heterocycles. The number of hydrogen-bond acceptors (Lipinski definition) is 5. The molecule has 0 bridgehead atoms.